The van der Waals surface area contributed by atoms with Crippen LogP contribution in [-0.2, 0) is 5.75 Å². The normalized spacial score (nSPS) is 11.3. The SMILES string of the molecule is CC(C)(C)N(CCN(CCSCc1ccccc1)c1ccccc1)c1ccccc1. The van der Waals surface area contributed by atoms with E-state index in [4.69, 9.17) is 0 Å². The lowest BCUT2D eigenvalue weighted by Gasteiger charge is -2.39. The van der Waals surface area contributed by atoms with Gasteiger partial charge in [0.05, 0.1) is 0 Å². The standard InChI is InChI=1S/C27H34N2S/c1-27(2,3)29(26-17-11-6-12-18-26)20-19-28(25-15-9-5-10-16-25)21-22-30-23-24-13-7-4-8-14-24/h4-18H,19-23H2,1-3H3. The zero-order valence-electron chi connectivity index (χ0n) is 18.5. The second-order valence-electron chi connectivity index (χ2n) is 8.52. The van der Waals surface area contributed by atoms with Gasteiger partial charge >= 0.3 is 0 Å². The van der Waals surface area contributed by atoms with Crippen molar-refractivity contribution < 1.29 is 0 Å². The van der Waals surface area contributed by atoms with Gasteiger partial charge in [-0.2, -0.15) is 11.8 Å². The molecule has 0 saturated carbocycles. The molecule has 0 unspecified atom stereocenters. The Hall–Kier alpha value is -2.39. The number of hydrogen-bond acceptors (Lipinski definition) is 3. The summed E-state index contributed by atoms with van der Waals surface area (Å²) < 4.78 is 0. The van der Waals surface area contributed by atoms with Crippen molar-refractivity contribution in [2.75, 3.05) is 35.2 Å². The van der Waals surface area contributed by atoms with Crippen LogP contribution in [-0.4, -0.2) is 30.9 Å². The fourth-order valence-corrected chi connectivity index (χ4v) is 4.55. The Morgan fingerprint density at radius 3 is 1.73 bits per heavy atom. The molecule has 0 amide bonds. The maximum atomic E-state index is 2.53. The smallest absolute Gasteiger partial charge is 0.0371 e. The Kier molecular flexibility index (Phi) is 8.27. The third-order valence-corrected chi connectivity index (χ3v) is 6.22. The lowest BCUT2D eigenvalue weighted by Crippen LogP contribution is -2.46. The summed E-state index contributed by atoms with van der Waals surface area (Å²) in [5.41, 5.74) is 4.07. The van der Waals surface area contributed by atoms with Crippen molar-refractivity contribution in [2.24, 2.45) is 0 Å². The first-order chi connectivity index (χ1) is 14.5. The molecular formula is C27H34N2S. The number of anilines is 2. The van der Waals surface area contributed by atoms with Gasteiger partial charge in [-0.25, -0.2) is 0 Å². The predicted octanol–water partition coefficient (Wildman–Crippen LogP) is 6.73. The molecule has 3 aromatic carbocycles. The maximum Gasteiger partial charge on any atom is 0.0371 e. The fraction of sp³-hybridized carbons (Fsp3) is 0.333. The lowest BCUT2D eigenvalue weighted by atomic mass is 10.0. The van der Waals surface area contributed by atoms with Crippen LogP contribution < -0.4 is 9.80 Å². The molecule has 0 fully saturated rings. The van der Waals surface area contributed by atoms with Gasteiger partial charge in [-0.05, 0) is 50.6 Å². The number of hydrogen-bond donors (Lipinski definition) is 0. The average Bonchev–Trinajstić information content (AvgIpc) is 2.76. The van der Waals surface area contributed by atoms with Crippen LogP contribution in [0.4, 0.5) is 11.4 Å². The number of para-hydroxylation sites is 2. The van der Waals surface area contributed by atoms with Crippen molar-refractivity contribution in [3.8, 4) is 0 Å². The summed E-state index contributed by atoms with van der Waals surface area (Å²) in [6, 6.07) is 32.3. The third kappa shape index (κ3) is 6.84. The summed E-state index contributed by atoms with van der Waals surface area (Å²) in [4.78, 5) is 5.04. The molecule has 2 nitrogen and oxygen atoms in total. The van der Waals surface area contributed by atoms with Gasteiger partial charge in [0.25, 0.3) is 0 Å². The first-order valence-electron chi connectivity index (χ1n) is 10.8. The van der Waals surface area contributed by atoms with Gasteiger partial charge in [0.1, 0.15) is 0 Å². The minimum absolute atomic E-state index is 0.0752. The molecule has 0 spiro atoms. The molecule has 3 heteroatoms. The first-order valence-corrected chi connectivity index (χ1v) is 11.9. The van der Waals surface area contributed by atoms with E-state index in [0.29, 0.717) is 0 Å². The number of rotatable bonds is 10. The van der Waals surface area contributed by atoms with E-state index < -0.39 is 0 Å². The summed E-state index contributed by atoms with van der Waals surface area (Å²) in [7, 11) is 0. The topological polar surface area (TPSA) is 6.48 Å². The van der Waals surface area contributed by atoms with Crippen molar-refractivity contribution in [3.63, 3.8) is 0 Å². The van der Waals surface area contributed by atoms with Crippen LogP contribution in [0.1, 0.15) is 26.3 Å². The largest absolute Gasteiger partial charge is 0.369 e. The summed E-state index contributed by atoms with van der Waals surface area (Å²) in [6.45, 7) is 9.93. The molecule has 0 aliphatic carbocycles. The monoisotopic (exact) mass is 418 g/mol. The van der Waals surface area contributed by atoms with Crippen LogP contribution in [0.5, 0.6) is 0 Å². The van der Waals surface area contributed by atoms with Gasteiger partial charge in [-0.3, -0.25) is 0 Å². The van der Waals surface area contributed by atoms with Crippen molar-refractivity contribution >= 4 is 23.1 Å². The molecule has 0 bridgehead atoms. The van der Waals surface area contributed by atoms with Crippen LogP contribution >= 0.6 is 11.8 Å². The molecule has 0 radical (unpaired) electrons. The van der Waals surface area contributed by atoms with E-state index in [1.54, 1.807) is 0 Å². The molecule has 158 valence electrons. The predicted molar refractivity (Wildman–Crippen MR) is 135 cm³/mol. The molecule has 3 rings (SSSR count). The fourth-order valence-electron chi connectivity index (χ4n) is 3.63. The van der Waals surface area contributed by atoms with Crippen LogP contribution in [0.3, 0.4) is 0 Å². The van der Waals surface area contributed by atoms with Gasteiger partial charge < -0.3 is 9.80 Å². The zero-order chi connectivity index (χ0) is 21.2. The summed E-state index contributed by atoms with van der Waals surface area (Å²) in [5.74, 6) is 2.19. The Morgan fingerprint density at radius 1 is 0.633 bits per heavy atom. The molecular weight excluding hydrogens is 384 g/mol. The highest BCUT2D eigenvalue weighted by atomic mass is 32.2. The van der Waals surface area contributed by atoms with Gasteiger partial charge in [0.15, 0.2) is 0 Å². The van der Waals surface area contributed by atoms with Crippen molar-refractivity contribution in [1.82, 2.24) is 0 Å². The average molecular weight is 419 g/mol. The molecule has 0 aliphatic heterocycles. The molecule has 0 aromatic heterocycles. The molecule has 3 aromatic rings. The second-order valence-corrected chi connectivity index (χ2v) is 9.62. The molecule has 0 atom stereocenters. The minimum atomic E-state index is 0.0752. The number of nitrogens with zero attached hydrogens (tertiary/aromatic N) is 2. The second kappa shape index (κ2) is 11.1. The third-order valence-electron chi connectivity index (χ3n) is 5.21. The van der Waals surface area contributed by atoms with Crippen LogP contribution in [0.2, 0.25) is 0 Å². The Labute approximate surface area is 186 Å². The highest BCUT2D eigenvalue weighted by molar-refractivity contribution is 7.98. The lowest BCUT2D eigenvalue weighted by molar-refractivity contribution is 0.503. The van der Waals surface area contributed by atoms with Crippen molar-refractivity contribution in [1.29, 1.82) is 0 Å². The van der Waals surface area contributed by atoms with Crippen molar-refractivity contribution in [3.05, 3.63) is 96.6 Å². The van der Waals surface area contributed by atoms with Crippen LogP contribution in [0.25, 0.3) is 0 Å². The Bertz CT molecular complexity index is 844. The zero-order valence-corrected chi connectivity index (χ0v) is 19.3. The van der Waals surface area contributed by atoms with E-state index in [1.165, 1.54) is 16.9 Å². The van der Waals surface area contributed by atoms with Gasteiger partial charge in [0, 0.05) is 48.1 Å². The quantitative estimate of drug-likeness (QED) is 0.337. The van der Waals surface area contributed by atoms with Crippen LogP contribution in [0.15, 0.2) is 91.0 Å². The van der Waals surface area contributed by atoms with Gasteiger partial charge in [-0.1, -0.05) is 66.7 Å². The summed E-state index contributed by atoms with van der Waals surface area (Å²) >= 11 is 2.01. The van der Waals surface area contributed by atoms with Gasteiger partial charge in [-0.15, -0.1) is 0 Å². The number of thioether (sulfide) groups is 1. The van der Waals surface area contributed by atoms with E-state index >= 15 is 0 Å². The molecule has 0 heterocycles. The Morgan fingerprint density at radius 2 is 1.17 bits per heavy atom. The molecule has 0 saturated heterocycles. The van der Waals surface area contributed by atoms with E-state index in [-0.39, 0.29) is 5.54 Å². The molecule has 0 N–H and O–H groups in total. The van der Waals surface area contributed by atoms with E-state index in [1.807, 2.05) is 11.8 Å². The molecule has 30 heavy (non-hydrogen) atoms. The highest BCUT2D eigenvalue weighted by Crippen LogP contribution is 2.24. The maximum absolute atomic E-state index is 2.53. The molecule has 0 aliphatic rings. The van der Waals surface area contributed by atoms with E-state index in [9.17, 15) is 0 Å². The first kappa shape index (κ1) is 22.3. The minimum Gasteiger partial charge on any atom is -0.369 e. The van der Waals surface area contributed by atoms with Crippen molar-refractivity contribution in [2.45, 2.75) is 32.1 Å². The van der Waals surface area contributed by atoms with Gasteiger partial charge in [0.2, 0.25) is 0 Å². The summed E-state index contributed by atoms with van der Waals surface area (Å²) in [5, 5.41) is 0. The van der Waals surface area contributed by atoms with Crippen LogP contribution in [0, 0.1) is 0 Å². The number of benzene rings is 3. The Balaban J connectivity index is 1.63. The van der Waals surface area contributed by atoms with E-state index in [0.717, 1.165) is 31.1 Å². The van der Waals surface area contributed by atoms with E-state index in [2.05, 4.69) is 122 Å². The highest BCUT2D eigenvalue weighted by Gasteiger charge is 2.22. The summed E-state index contributed by atoms with van der Waals surface area (Å²) in [6.07, 6.45) is 0.